The Hall–Kier alpha value is 0.610. The first kappa shape index (κ1) is 9.61. The zero-order valence-corrected chi connectivity index (χ0v) is 7.58. The average Bonchev–Trinajstić information content (AvgIpc) is 1.64. The Balaban J connectivity index is 4.14. The van der Waals surface area contributed by atoms with Gasteiger partial charge in [0.1, 0.15) is 3.42 Å². The minimum absolute atomic E-state index is 0.497. The predicted octanol–water partition coefficient (Wildman–Crippen LogP) is 0.221. The van der Waals surface area contributed by atoms with Crippen LogP contribution in [0.1, 0.15) is 20.3 Å². The third-order valence-electron chi connectivity index (χ3n) is 1.36. The highest BCUT2D eigenvalue weighted by Crippen LogP contribution is 2.30. The number of hydrogen-bond donors (Lipinski definition) is 3. The minimum atomic E-state index is -2.57. The monoisotopic (exact) mass is 246 g/mol. The Morgan fingerprint density at radius 1 is 1.33 bits per heavy atom. The highest BCUT2D eigenvalue weighted by molar-refractivity contribution is 14.1. The van der Waals surface area contributed by atoms with E-state index in [1.165, 1.54) is 0 Å². The molecule has 0 amide bonds. The van der Waals surface area contributed by atoms with Crippen LogP contribution in [0, 0.1) is 0 Å². The molecule has 0 spiro atoms. The smallest absolute Gasteiger partial charge is 0.290 e. The molecule has 1 unspecified atom stereocenters. The van der Waals surface area contributed by atoms with Crippen LogP contribution in [0.2, 0.25) is 0 Å². The fourth-order valence-corrected chi connectivity index (χ4v) is 0.237. The van der Waals surface area contributed by atoms with Gasteiger partial charge in [0.15, 0.2) is 0 Å². The molecule has 1 atom stereocenters. The van der Waals surface area contributed by atoms with Crippen molar-refractivity contribution in [2.75, 3.05) is 0 Å². The molecule has 0 aliphatic rings. The van der Waals surface area contributed by atoms with Crippen LogP contribution in [0.3, 0.4) is 0 Å². The standard InChI is InChI=1S/C5H11IO3/c1-3-4(2,6)5(7,8)9/h7-9H,3H2,1-2H3. The van der Waals surface area contributed by atoms with E-state index < -0.39 is 9.39 Å². The van der Waals surface area contributed by atoms with Crippen LogP contribution in [-0.2, 0) is 0 Å². The lowest BCUT2D eigenvalue weighted by atomic mass is 10.1. The summed E-state index contributed by atoms with van der Waals surface area (Å²) in [5, 5.41) is 25.9. The molecule has 0 heterocycles. The summed E-state index contributed by atoms with van der Waals surface area (Å²) in [6.45, 7) is 3.33. The highest BCUT2D eigenvalue weighted by Gasteiger charge is 2.40. The van der Waals surface area contributed by atoms with E-state index in [9.17, 15) is 0 Å². The molecule has 0 aromatic carbocycles. The molecule has 0 fully saturated rings. The molecule has 56 valence electrons. The zero-order valence-electron chi connectivity index (χ0n) is 5.43. The van der Waals surface area contributed by atoms with Gasteiger partial charge in [-0.05, 0) is 13.3 Å². The van der Waals surface area contributed by atoms with Gasteiger partial charge in [-0.3, -0.25) is 0 Å². The first-order chi connectivity index (χ1) is 3.81. The van der Waals surface area contributed by atoms with Crippen LogP contribution in [0.5, 0.6) is 0 Å². The quantitative estimate of drug-likeness (QED) is 0.371. The van der Waals surface area contributed by atoms with Gasteiger partial charge in [-0.15, -0.1) is 0 Å². The van der Waals surface area contributed by atoms with Crippen LogP contribution >= 0.6 is 22.6 Å². The van der Waals surface area contributed by atoms with E-state index >= 15 is 0 Å². The summed E-state index contributed by atoms with van der Waals surface area (Å²) in [5.74, 6) is -2.57. The number of halogens is 1. The topological polar surface area (TPSA) is 60.7 Å². The molecule has 0 rings (SSSR count). The Kier molecular flexibility index (Phi) is 2.87. The van der Waals surface area contributed by atoms with Gasteiger partial charge in [-0.25, -0.2) is 0 Å². The average molecular weight is 246 g/mol. The lowest BCUT2D eigenvalue weighted by Gasteiger charge is -2.29. The van der Waals surface area contributed by atoms with Crippen molar-refractivity contribution in [3.63, 3.8) is 0 Å². The Labute approximate surface area is 67.8 Å². The van der Waals surface area contributed by atoms with Crippen molar-refractivity contribution in [2.24, 2.45) is 0 Å². The number of rotatable bonds is 2. The first-order valence-corrected chi connectivity index (χ1v) is 3.75. The summed E-state index contributed by atoms with van der Waals surface area (Å²) < 4.78 is -0.884. The van der Waals surface area contributed by atoms with Crippen molar-refractivity contribution in [2.45, 2.75) is 29.7 Å². The third-order valence-corrected chi connectivity index (χ3v) is 2.85. The van der Waals surface area contributed by atoms with Crippen molar-refractivity contribution in [3.05, 3.63) is 0 Å². The van der Waals surface area contributed by atoms with Crippen molar-refractivity contribution >= 4 is 22.6 Å². The SMILES string of the molecule is CCC(C)(I)C(O)(O)O. The molecule has 9 heavy (non-hydrogen) atoms. The van der Waals surface area contributed by atoms with Crippen molar-refractivity contribution in [1.82, 2.24) is 0 Å². The van der Waals surface area contributed by atoms with Gasteiger partial charge in [-0.2, -0.15) is 0 Å². The van der Waals surface area contributed by atoms with Crippen molar-refractivity contribution < 1.29 is 15.3 Å². The maximum Gasteiger partial charge on any atom is 0.290 e. The largest absolute Gasteiger partial charge is 0.343 e. The maximum atomic E-state index is 8.65. The molecule has 0 aromatic rings. The zero-order chi connectivity index (χ0) is 7.71. The minimum Gasteiger partial charge on any atom is -0.343 e. The Morgan fingerprint density at radius 3 is 1.67 bits per heavy atom. The second kappa shape index (κ2) is 2.69. The Bertz CT molecular complexity index is 94.9. The third kappa shape index (κ3) is 2.37. The van der Waals surface area contributed by atoms with Crippen LogP contribution in [0.15, 0.2) is 0 Å². The fourth-order valence-electron chi connectivity index (χ4n) is 0.237. The van der Waals surface area contributed by atoms with E-state index in [4.69, 9.17) is 15.3 Å². The lowest BCUT2D eigenvalue weighted by molar-refractivity contribution is -0.324. The number of alkyl halides is 1. The molecule has 3 N–H and O–H groups in total. The van der Waals surface area contributed by atoms with E-state index in [2.05, 4.69) is 0 Å². The fraction of sp³-hybridized carbons (Fsp3) is 1.00. The summed E-state index contributed by atoms with van der Waals surface area (Å²) >= 11 is 1.80. The molecular formula is C5H11IO3. The molecule has 0 aliphatic heterocycles. The van der Waals surface area contributed by atoms with Crippen molar-refractivity contribution in [1.29, 1.82) is 0 Å². The van der Waals surface area contributed by atoms with Gasteiger partial charge in [0.05, 0.1) is 0 Å². The van der Waals surface area contributed by atoms with E-state index in [1.54, 1.807) is 36.4 Å². The molecule has 0 aliphatic carbocycles. The van der Waals surface area contributed by atoms with Crippen LogP contribution < -0.4 is 0 Å². The van der Waals surface area contributed by atoms with E-state index in [0.717, 1.165) is 0 Å². The van der Waals surface area contributed by atoms with Gasteiger partial charge < -0.3 is 15.3 Å². The second-order valence-corrected chi connectivity index (χ2v) is 4.57. The van der Waals surface area contributed by atoms with E-state index in [1.807, 2.05) is 0 Å². The van der Waals surface area contributed by atoms with Gasteiger partial charge in [0.25, 0.3) is 5.97 Å². The van der Waals surface area contributed by atoms with Crippen LogP contribution in [0.25, 0.3) is 0 Å². The van der Waals surface area contributed by atoms with Gasteiger partial charge in [0, 0.05) is 0 Å². The Morgan fingerprint density at radius 2 is 1.67 bits per heavy atom. The summed E-state index contributed by atoms with van der Waals surface area (Å²) in [6.07, 6.45) is 0.497. The molecule has 0 aromatic heterocycles. The molecule has 0 saturated heterocycles. The lowest BCUT2D eigenvalue weighted by Crippen LogP contribution is -2.47. The molecule has 3 nitrogen and oxygen atoms in total. The van der Waals surface area contributed by atoms with E-state index in [0.29, 0.717) is 6.42 Å². The van der Waals surface area contributed by atoms with Gasteiger partial charge in [0.2, 0.25) is 0 Å². The summed E-state index contributed by atoms with van der Waals surface area (Å²) in [7, 11) is 0. The van der Waals surface area contributed by atoms with Crippen molar-refractivity contribution in [3.8, 4) is 0 Å². The summed E-state index contributed by atoms with van der Waals surface area (Å²) in [5.41, 5.74) is 0. The van der Waals surface area contributed by atoms with Gasteiger partial charge >= 0.3 is 0 Å². The van der Waals surface area contributed by atoms with Crippen LogP contribution in [0.4, 0.5) is 0 Å². The molecule has 4 heteroatoms. The number of hydrogen-bond acceptors (Lipinski definition) is 3. The predicted molar refractivity (Wildman–Crippen MR) is 42.1 cm³/mol. The number of aliphatic hydroxyl groups is 3. The maximum absolute atomic E-state index is 8.65. The first-order valence-electron chi connectivity index (χ1n) is 2.67. The molecule has 0 saturated carbocycles. The molecular weight excluding hydrogens is 235 g/mol. The summed E-state index contributed by atoms with van der Waals surface area (Å²) in [6, 6.07) is 0. The molecule has 0 bridgehead atoms. The highest BCUT2D eigenvalue weighted by atomic mass is 127. The van der Waals surface area contributed by atoms with E-state index in [-0.39, 0.29) is 0 Å². The normalized spacial score (nSPS) is 19.3. The van der Waals surface area contributed by atoms with Gasteiger partial charge in [-0.1, -0.05) is 29.5 Å². The second-order valence-electron chi connectivity index (χ2n) is 2.19. The van der Waals surface area contributed by atoms with Crippen LogP contribution in [-0.4, -0.2) is 24.7 Å². The molecule has 0 radical (unpaired) electrons. The summed E-state index contributed by atoms with van der Waals surface area (Å²) in [4.78, 5) is 0.